The van der Waals surface area contributed by atoms with Crippen LogP contribution in [0.3, 0.4) is 0 Å². The summed E-state index contributed by atoms with van der Waals surface area (Å²) in [6.07, 6.45) is 0. The van der Waals surface area contributed by atoms with E-state index >= 15 is 0 Å². The van der Waals surface area contributed by atoms with Crippen LogP contribution in [0.5, 0.6) is 0 Å². The van der Waals surface area contributed by atoms with Crippen molar-refractivity contribution in [3.8, 4) is 0 Å². The first-order valence-corrected chi connectivity index (χ1v) is 9.73. The van der Waals surface area contributed by atoms with Crippen molar-refractivity contribution < 1.29 is 5.41 Å². The predicted molar refractivity (Wildman–Crippen MR) is 119 cm³/mol. The van der Waals surface area contributed by atoms with Gasteiger partial charge in [-0.25, -0.2) is 0 Å². The highest BCUT2D eigenvalue weighted by molar-refractivity contribution is 6.10. The Balaban J connectivity index is 1.97. The molecule has 4 aromatic rings. The number of para-hydroxylation sites is 1. The number of rotatable bonds is 3. The molecule has 0 aliphatic carbocycles. The van der Waals surface area contributed by atoms with Crippen molar-refractivity contribution in [3.63, 3.8) is 0 Å². The van der Waals surface area contributed by atoms with Crippen molar-refractivity contribution in [1.82, 2.24) is 4.57 Å². The lowest BCUT2D eigenvalue weighted by Crippen LogP contribution is -2.38. The van der Waals surface area contributed by atoms with Crippen molar-refractivity contribution in [2.24, 2.45) is 16.2 Å². The van der Waals surface area contributed by atoms with Crippen molar-refractivity contribution in [2.45, 2.75) is 34.2 Å². The van der Waals surface area contributed by atoms with Gasteiger partial charge in [-0.05, 0) is 79.8 Å². The Labute approximate surface area is 170 Å². The van der Waals surface area contributed by atoms with Gasteiger partial charge in [0.05, 0.1) is 10.7 Å². The summed E-state index contributed by atoms with van der Waals surface area (Å²) in [5, 5.41) is 15.5. The van der Waals surface area contributed by atoms with Gasteiger partial charge >= 0.3 is 5.84 Å². The summed E-state index contributed by atoms with van der Waals surface area (Å²) in [6.45, 7) is 9.64. The lowest BCUT2D eigenvalue weighted by molar-refractivity contribution is -0.114. The molecule has 146 valence electrons. The van der Waals surface area contributed by atoms with E-state index in [0.29, 0.717) is 5.84 Å². The molecule has 4 rings (SSSR count). The van der Waals surface area contributed by atoms with Crippen LogP contribution < -0.4 is 11.3 Å². The van der Waals surface area contributed by atoms with Crippen LogP contribution in [-0.4, -0.2) is 10.4 Å². The molecule has 0 atom stereocenters. The highest BCUT2D eigenvalue weighted by Crippen LogP contribution is 2.32. The number of fused-ring (bicyclic) bond motifs is 3. The molecule has 1 heterocycles. The quantitative estimate of drug-likeness (QED) is 0.181. The van der Waals surface area contributed by atoms with Crippen molar-refractivity contribution in [2.75, 3.05) is 0 Å². The fraction of sp³-hybridized carbons (Fsp3) is 0.208. The molecule has 0 amide bonds. The van der Waals surface area contributed by atoms with E-state index < -0.39 is 0 Å². The SMILES string of the molecule is Cc1cc(C)c(C)c(Cn2c3ccccc3c3cc(C(=[NH2+])N=NN)ccc32)c1C. The first-order valence-electron chi connectivity index (χ1n) is 9.73. The molecule has 1 aromatic heterocycles. The second-order valence-electron chi connectivity index (χ2n) is 7.67. The molecular formula is C24H26N5+. The second kappa shape index (κ2) is 7.17. The summed E-state index contributed by atoms with van der Waals surface area (Å²) in [5.74, 6) is 5.48. The highest BCUT2D eigenvalue weighted by atomic mass is 15.3. The molecule has 5 heteroatoms. The predicted octanol–water partition coefficient (Wildman–Crippen LogP) is 3.91. The van der Waals surface area contributed by atoms with E-state index in [1.807, 2.05) is 6.07 Å². The number of nitrogens with two attached hydrogens (primary N) is 2. The molecule has 0 saturated heterocycles. The topological polar surface area (TPSA) is 81.3 Å². The third-order valence-electron chi connectivity index (χ3n) is 6.07. The molecule has 0 spiro atoms. The third-order valence-corrected chi connectivity index (χ3v) is 6.07. The number of aromatic nitrogens is 1. The van der Waals surface area contributed by atoms with Crippen LogP contribution in [0, 0.1) is 27.7 Å². The monoisotopic (exact) mass is 384 g/mol. The van der Waals surface area contributed by atoms with E-state index in [1.54, 1.807) is 0 Å². The Morgan fingerprint density at radius 1 is 0.897 bits per heavy atom. The Kier molecular flexibility index (Phi) is 4.66. The Morgan fingerprint density at radius 2 is 1.55 bits per heavy atom. The number of hydrogen-bond acceptors (Lipinski definition) is 1. The summed E-state index contributed by atoms with van der Waals surface area (Å²) in [5.41, 5.74) is 9.96. The van der Waals surface area contributed by atoms with Crippen LogP contribution in [0.15, 0.2) is 58.9 Å². The summed E-state index contributed by atoms with van der Waals surface area (Å²) in [7, 11) is 0. The minimum Gasteiger partial charge on any atom is -0.336 e. The van der Waals surface area contributed by atoms with Crippen molar-refractivity contribution >= 4 is 27.6 Å². The van der Waals surface area contributed by atoms with Gasteiger partial charge in [0.25, 0.3) is 0 Å². The maximum absolute atomic E-state index is 6.01. The molecule has 4 N–H and O–H groups in total. The standard InChI is InChI=1S/C24H25N5/c1-14-11-15(2)17(4)21(16(14)3)13-29-22-8-6-5-7-19(22)20-12-18(9-10-23(20)29)24(25)27-28-26/h5-12H,13H2,1-4H3,(H3,25,26,27)/p+1. The summed E-state index contributed by atoms with van der Waals surface area (Å²) in [4.78, 5) is 0. The molecule has 0 aliphatic heterocycles. The molecule has 5 nitrogen and oxygen atoms in total. The van der Waals surface area contributed by atoms with Crippen LogP contribution in [0.2, 0.25) is 0 Å². The molecule has 0 aliphatic rings. The van der Waals surface area contributed by atoms with Gasteiger partial charge in [0, 0.05) is 33.6 Å². The fourth-order valence-corrected chi connectivity index (χ4v) is 4.20. The van der Waals surface area contributed by atoms with Crippen LogP contribution >= 0.6 is 0 Å². The maximum atomic E-state index is 6.01. The smallest absolute Gasteiger partial charge is 0.336 e. The second-order valence-corrected chi connectivity index (χ2v) is 7.67. The van der Waals surface area contributed by atoms with E-state index in [4.69, 9.17) is 11.3 Å². The number of benzene rings is 3. The van der Waals surface area contributed by atoms with Crippen molar-refractivity contribution in [3.05, 3.63) is 81.9 Å². The summed E-state index contributed by atoms with van der Waals surface area (Å²) >= 11 is 0. The molecule has 3 aromatic carbocycles. The summed E-state index contributed by atoms with van der Waals surface area (Å²) in [6, 6.07) is 16.9. The molecular weight excluding hydrogens is 358 g/mol. The Bertz CT molecular complexity index is 1270. The van der Waals surface area contributed by atoms with Gasteiger partial charge < -0.3 is 4.57 Å². The zero-order valence-electron chi connectivity index (χ0n) is 17.3. The van der Waals surface area contributed by atoms with Gasteiger partial charge in [0.2, 0.25) is 0 Å². The van der Waals surface area contributed by atoms with Crippen LogP contribution in [0.25, 0.3) is 21.8 Å². The zero-order valence-corrected chi connectivity index (χ0v) is 17.3. The number of nitrogens with zero attached hydrogens (tertiary/aromatic N) is 3. The first kappa shape index (κ1) is 18.9. The number of aryl methyl sites for hydroxylation is 2. The molecule has 0 unspecified atom stereocenters. The van der Waals surface area contributed by atoms with Crippen LogP contribution in [-0.2, 0) is 6.54 Å². The Hall–Kier alpha value is -3.47. The maximum Gasteiger partial charge on any atom is 0.350 e. The molecule has 0 saturated carbocycles. The van der Waals surface area contributed by atoms with E-state index in [0.717, 1.165) is 17.5 Å². The molecule has 0 fully saturated rings. The molecule has 0 radical (unpaired) electrons. The minimum absolute atomic E-state index is 0.312. The van der Waals surface area contributed by atoms with Gasteiger partial charge in [-0.2, -0.15) is 0 Å². The zero-order chi connectivity index (χ0) is 20.7. The van der Waals surface area contributed by atoms with Gasteiger partial charge in [-0.15, -0.1) is 0 Å². The van der Waals surface area contributed by atoms with Gasteiger partial charge in [-0.1, -0.05) is 24.3 Å². The Morgan fingerprint density at radius 3 is 2.24 bits per heavy atom. The van der Waals surface area contributed by atoms with Gasteiger partial charge in [-0.3, -0.25) is 11.3 Å². The van der Waals surface area contributed by atoms with Gasteiger partial charge in [0.15, 0.2) is 0 Å². The lowest BCUT2D eigenvalue weighted by atomic mass is 9.94. The average Bonchev–Trinajstić information content (AvgIpc) is 3.03. The highest BCUT2D eigenvalue weighted by Gasteiger charge is 2.17. The largest absolute Gasteiger partial charge is 0.350 e. The molecule has 29 heavy (non-hydrogen) atoms. The van der Waals surface area contributed by atoms with E-state index in [-0.39, 0.29) is 0 Å². The minimum atomic E-state index is 0.312. The van der Waals surface area contributed by atoms with Crippen LogP contribution in [0.4, 0.5) is 0 Å². The lowest BCUT2D eigenvalue weighted by Gasteiger charge is -2.17. The number of hydrogen-bond donors (Lipinski definition) is 2. The van der Waals surface area contributed by atoms with E-state index in [2.05, 4.69) is 85.1 Å². The van der Waals surface area contributed by atoms with Crippen molar-refractivity contribution in [1.29, 1.82) is 0 Å². The van der Waals surface area contributed by atoms with Crippen LogP contribution in [0.1, 0.15) is 33.4 Å². The molecule has 0 bridgehead atoms. The normalized spacial score (nSPS) is 11.7. The number of amidine groups is 1. The first-order chi connectivity index (χ1) is 13.9. The van der Waals surface area contributed by atoms with Gasteiger partial charge in [0.1, 0.15) is 0 Å². The fourth-order valence-electron chi connectivity index (χ4n) is 4.20. The van der Waals surface area contributed by atoms with E-state index in [9.17, 15) is 0 Å². The van der Waals surface area contributed by atoms with E-state index in [1.165, 1.54) is 44.2 Å². The summed E-state index contributed by atoms with van der Waals surface area (Å²) < 4.78 is 2.39. The average molecular weight is 385 g/mol. The third kappa shape index (κ3) is 3.09.